The molecule has 0 unspecified atom stereocenters. The summed E-state index contributed by atoms with van der Waals surface area (Å²) in [4.78, 5) is 15.4. The quantitative estimate of drug-likeness (QED) is 0.446. The molecule has 0 saturated heterocycles. The number of esters is 1. The molecule has 0 bridgehead atoms. The standard InChI is InChI=1S/C12H16ClNO3/c1-3-5-6-17-10-7-9(8-14-11(10)13)12(15)16-4-2/h7-8H,3-6H2,1-2H3. The molecular formula is C12H16ClNO3. The monoisotopic (exact) mass is 257 g/mol. The fourth-order valence-electron chi connectivity index (χ4n) is 1.18. The summed E-state index contributed by atoms with van der Waals surface area (Å²) in [5.74, 6) is 0.00248. The van der Waals surface area contributed by atoms with Crippen molar-refractivity contribution in [2.24, 2.45) is 0 Å². The molecule has 0 aliphatic rings. The number of pyridine rings is 1. The highest BCUT2D eigenvalue weighted by molar-refractivity contribution is 6.30. The lowest BCUT2D eigenvalue weighted by molar-refractivity contribution is 0.0525. The van der Waals surface area contributed by atoms with Crippen molar-refractivity contribution < 1.29 is 14.3 Å². The second-order valence-corrected chi connectivity index (χ2v) is 3.79. The Morgan fingerprint density at radius 3 is 2.88 bits per heavy atom. The summed E-state index contributed by atoms with van der Waals surface area (Å²) in [5.41, 5.74) is 0.350. The molecule has 4 nitrogen and oxygen atoms in total. The van der Waals surface area contributed by atoms with Crippen molar-refractivity contribution in [3.05, 3.63) is 23.0 Å². The molecule has 1 aromatic rings. The molecule has 0 aliphatic carbocycles. The van der Waals surface area contributed by atoms with Gasteiger partial charge in [0.05, 0.1) is 18.8 Å². The van der Waals surface area contributed by atoms with E-state index in [1.807, 2.05) is 0 Å². The minimum absolute atomic E-state index is 0.258. The lowest BCUT2D eigenvalue weighted by atomic mass is 10.3. The molecule has 0 spiro atoms. The average molecular weight is 258 g/mol. The molecule has 1 rings (SSSR count). The number of hydrogen-bond acceptors (Lipinski definition) is 4. The van der Waals surface area contributed by atoms with Gasteiger partial charge in [0.1, 0.15) is 0 Å². The van der Waals surface area contributed by atoms with Crippen molar-refractivity contribution in [3.63, 3.8) is 0 Å². The molecule has 0 aliphatic heterocycles. The van der Waals surface area contributed by atoms with E-state index in [9.17, 15) is 4.79 Å². The van der Waals surface area contributed by atoms with Gasteiger partial charge < -0.3 is 9.47 Å². The fourth-order valence-corrected chi connectivity index (χ4v) is 1.34. The van der Waals surface area contributed by atoms with Crippen LogP contribution >= 0.6 is 11.6 Å². The zero-order chi connectivity index (χ0) is 12.7. The Hall–Kier alpha value is -1.29. The van der Waals surface area contributed by atoms with Crippen LogP contribution < -0.4 is 4.74 Å². The lowest BCUT2D eigenvalue weighted by Gasteiger charge is -2.08. The summed E-state index contributed by atoms with van der Waals surface area (Å²) in [5, 5.41) is 0.258. The van der Waals surface area contributed by atoms with Gasteiger partial charge in [0.2, 0.25) is 0 Å². The molecule has 0 radical (unpaired) electrons. The second kappa shape index (κ2) is 7.12. The molecule has 1 aromatic heterocycles. The average Bonchev–Trinajstić information content (AvgIpc) is 2.32. The van der Waals surface area contributed by atoms with Crippen LogP contribution in [0.5, 0.6) is 5.75 Å². The zero-order valence-electron chi connectivity index (χ0n) is 10.0. The Balaban J connectivity index is 2.75. The van der Waals surface area contributed by atoms with Crippen molar-refractivity contribution in [3.8, 4) is 5.75 Å². The minimum Gasteiger partial charge on any atom is -0.490 e. The molecule has 1 heterocycles. The summed E-state index contributed by atoms with van der Waals surface area (Å²) in [6, 6.07) is 1.56. The van der Waals surface area contributed by atoms with Crippen molar-refractivity contribution in [1.29, 1.82) is 0 Å². The van der Waals surface area contributed by atoms with Crippen LogP contribution in [-0.2, 0) is 4.74 Å². The Kier molecular flexibility index (Phi) is 5.77. The van der Waals surface area contributed by atoms with Gasteiger partial charge in [0.25, 0.3) is 0 Å². The van der Waals surface area contributed by atoms with E-state index in [2.05, 4.69) is 11.9 Å². The van der Waals surface area contributed by atoms with Crippen molar-refractivity contribution in [2.45, 2.75) is 26.7 Å². The number of carbonyl (C=O) groups excluding carboxylic acids is 1. The topological polar surface area (TPSA) is 48.4 Å². The number of rotatable bonds is 6. The van der Waals surface area contributed by atoms with Gasteiger partial charge in [-0.2, -0.15) is 0 Å². The summed E-state index contributed by atoms with van der Waals surface area (Å²) >= 11 is 5.87. The summed E-state index contributed by atoms with van der Waals surface area (Å²) in [6.07, 6.45) is 3.34. The Morgan fingerprint density at radius 1 is 1.47 bits per heavy atom. The summed E-state index contributed by atoms with van der Waals surface area (Å²) < 4.78 is 10.3. The highest BCUT2D eigenvalue weighted by Gasteiger charge is 2.11. The van der Waals surface area contributed by atoms with Crippen LogP contribution in [0.15, 0.2) is 12.3 Å². The molecule has 0 saturated carbocycles. The van der Waals surface area contributed by atoms with Gasteiger partial charge in [-0.25, -0.2) is 9.78 Å². The Labute approximate surface area is 106 Å². The molecule has 0 amide bonds. The van der Waals surface area contributed by atoms with Gasteiger partial charge in [-0.15, -0.1) is 0 Å². The van der Waals surface area contributed by atoms with Gasteiger partial charge in [-0.05, 0) is 19.4 Å². The van der Waals surface area contributed by atoms with Crippen LogP contribution in [0.3, 0.4) is 0 Å². The predicted molar refractivity (Wildman–Crippen MR) is 65.6 cm³/mol. The minimum atomic E-state index is -0.419. The van der Waals surface area contributed by atoms with Gasteiger partial charge >= 0.3 is 5.97 Å². The van der Waals surface area contributed by atoms with Crippen LogP contribution in [-0.4, -0.2) is 24.2 Å². The highest BCUT2D eigenvalue weighted by atomic mass is 35.5. The number of ether oxygens (including phenoxy) is 2. The van der Waals surface area contributed by atoms with Crippen LogP contribution in [0.25, 0.3) is 0 Å². The van der Waals surface area contributed by atoms with E-state index in [4.69, 9.17) is 21.1 Å². The van der Waals surface area contributed by atoms with E-state index in [1.165, 1.54) is 6.20 Å². The summed E-state index contributed by atoms with van der Waals surface area (Å²) in [7, 11) is 0. The van der Waals surface area contributed by atoms with E-state index in [0.717, 1.165) is 12.8 Å². The number of aromatic nitrogens is 1. The maximum absolute atomic E-state index is 11.5. The number of hydrogen-bond donors (Lipinski definition) is 0. The first-order valence-corrected chi connectivity index (χ1v) is 6.02. The molecule has 5 heteroatoms. The lowest BCUT2D eigenvalue weighted by Crippen LogP contribution is -2.06. The molecule has 0 aromatic carbocycles. The first kappa shape index (κ1) is 13.8. The van der Waals surface area contributed by atoms with Gasteiger partial charge in [-0.3, -0.25) is 0 Å². The smallest absolute Gasteiger partial charge is 0.339 e. The molecule has 0 atom stereocenters. The maximum Gasteiger partial charge on any atom is 0.339 e. The zero-order valence-corrected chi connectivity index (χ0v) is 10.8. The Bertz CT molecular complexity index is 382. The molecule has 0 fully saturated rings. The first-order valence-electron chi connectivity index (χ1n) is 5.64. The Morgan fingerprint density at radius 2 is 2.24 bits per heavy atom. The fraction of sp³-hybridized carbons (Fsp3) is 0.500. The van der Waals surface area contributed by atoms with Crippen LogP contribution in [0.2, 0.25) is 5.15 Å². The SMILES string of the molecule is CCCCOc1cc(C(=O)OCC)cnc1Cl. The van der Waals surface area contributed by atoms with E-state index in [0.29, 0.717) is 24.5 Å². The van der Waals surface area contributed by atoms with E-state index in [1.54, 1.807) is 13.0 Å². The van der Waals surface area contributed by atoms with Crippen LogP contribution in [0.1, 0.15) is 37.0 Å². The third-order valence-electron chi connectivity index (χ3n) is 2.07. The van der Waals surface area contributed by atoms with Crippen molar-refractivity contribution in [1.82, 2.24) is 4.98 Å². The van der Waals surface area contributed by atoms with E-state index >= 15 is 0 Å². The molecule has 94 valence electrons. The normalized spacial score (nSPS) is 10.1. The maximum atomic E-state index is 11.5. The van der Waals surface area contributed by atoms with Crippen molar-refractivity contribution >= 4 is 17.6 Å². The second-order valence-electron chi connectivity index (χ2n) is 3.44. The number of unbranched alkanes of at least 4 members (excludes halogenated alkanes) is 1. The molecule has 0 N–H and O–H groups in total. The first-order chi connectivity index (χ1) is 8.19. The largest absolute Gasteiger partial charge is 0.490 e. The third-order valence-corrected chi connectivity index (χ3v) is 2.36. The van der Waals surface area contributed by atoms with E-state index < -0.39 is 5.97 Å². The molecule has 17 heavy (non-hydrogen) atoms. The van der Waals surface area contributed by atoms with Crippen LogP contribution in [0.4, 0.5) is 0 Å². The van der Waals surface area contributed by atoms with E-state index in [-0.39, 0.29) is 5.15 Å². The number of carbonyl (C=O) groups is 1. The molecular weight excluding hydrogens is 242 g/mol. The number of nitrogens with zero attached hydrogens (tertiary/aromatic N) is 1. The van der Waals surface area contributed by atoms with Crippen molar-refractivity contribution in [2.75, 3.05) is 13.2 Å². The van der Waals surface area contributed by atoms with Gasteiger partial charge in [0, 0.05) is 6.20 Å². The van der Waals surface area contributed by atoms with Crippen LogP contribution in [0, 0.1) is 0 Å². The van der Waals surface area contributed by atoms with Gasteiger partial charge in [0.15, 0.2) is 10.9 Å². The summed E-state index contributed by atoms with van der Waals surface area (Å²) in [6.45, 7) is 4.70. The highest BCUT2D eigenvalue weighted by Crippen LogP contribution is 2.23. The van der Waals surface area contributed by atoms with Gasteiger partial charge in [-0.1, -0.05) is 24.9 Å². The predicted octanol–water partition coefficient (Wildman–Crippen LogP) is 3.09. The third kappa shape index (κ3) is 4.23. The number of halogens is 1.